The highest BCUT2D eigenvalue weighted by Crippen LogP contribution is 2.28. The molecule has 0 saturated carbocycles. The highest BCUT2D eigenvalue weighted by Gasteiger charge is 2.18. The van der Waals surface area contributed by atoms with Gasteiger partial charge in [0, 0.05) is 37.4 Å². The summed E-state index contributed by atoms with van der Waals surface area (Å²) in [6.45, 7) is 0.535. The normalized spacial score (nSPS) is 11.9. The predicted molar refractivity (Wildman–Crippen MR) is 102 cm³/mol. The molecule has 134 valence electrons. The van der Waals surface area contributed by atoms with Crippen LogP contribution in [0.1, 0.15) is 29.3 Å². The number of benzene rings is 2. The molecule has 3 aromatic rings. The molecule has 0 saturated heterocycles. The van der Waals surface area contributed by atoms with Gasteiger partial charge in [0.1, 0.15) is 12.2 Å². The number of amides is 1. The molecule has 6 heteroatoms. The van der Waals surface area contributed by atoms with E-state index in [1.54, 1.807) is 6.33 Å². The van der Waals surface area contributed by atoms with Crippen LogP contribution in [-0.2, 0) is 18.3 Å². The van der Waals surface area contributed by atoms with E-state index >= 15 is 0 Å². The largest absolute Gasteiger partial charge is 0.356 e. The van der Waals surface area contributed by atoms with Gasteiger partial charge in [-0.3, -0.25) is 4.79 Å². The van der Waals surface area contributed by atoms with Gasteiger partial charge in [-0.1, -0.05) is 54.1 Å². The zero-order valence-corrected chi connectivity index (χ0v) is 15.4. The Labute approximate surface area is 158 Å². The number of nitrogens with one attached hydrogen (secondary N) is 1. The number of hydrogen-bond acceptors (Lipinski definition) is 3. The first-order chi connectivity index (χ1) is 12.6. The van der Waals surface area contributed by atoms with Crippen molar-refractivity contribution in [2.75, 3.05) is 6.54 Å². The van der Waals surface area contributed by atoms with E-state index in [-0.39, 0.29) is 11.8 Å². The third-order valence-corrected chi connectivity index (χ3v) is 4.59. The Hall–Kier alpha value is -2.66. The number of aromatic nitrogens is 3. The lowest BCUT2D eigenvalue weighted by molar-refractivity contribution is -0.121. The smallest absolute Gasteiger partial charge is 0.220 e. The van der Waals surface area contributed by atoms with Crippen molar-refractivity contribution in [1.29, 1.82) is 0 Å². The molecule has 1 N–H and O–H groups in total. The van der Waals surface area contributed by atoms with Gasteiger partial charge >= 0.3 is 0 Å². The summed E-state index contributed by atoms with van der Waals surface area (Å²) in [6.07, 6.45) is 2.69. The first-order valence-electron chi connectivity index (χ1n) is 8.53. The molecule has 0 aliphatic rings. The summed E-state index contributed by atoms with van der Waals surface area (Å²) in [6, 6.07) is 17.7. The van der Waals surface area contributed by atoms with Crippen LogP contribution >= 0.6 is 11.6 Å². The van der Waals surface area contributed by atoms with E-state index in [0.29, 0.717) is 24.4 Å². The number of aryl methyl sites for hydroxylation is 1. The van der Waals surface area contributed by atoms with Gasteiger partial charge in [0.05, 0.1) is 0 Å². The fourth-order valence-electron chi connectivity index (χ4n) is 2.91. The second kappa shape index (κ2) is 8.63. The summed E-state index contributed by atoms with van der Waals surface area (Å²) in [4.78, 5) is 12.5. The lowest BCUT2D eigenvalue weighted by atomic mass is 9.88. The Balaban J connectivity index is 1.66. The molecular weight excluding hydrogens is 348 g/mol. The highest BCUT2D eigenvalue weighted by molar-refractivity contribution is 6.30. The molecule has 5 nitrogen and oxygen atoms in total. The van der Waals surface area contributed by atoms with Gasteiger partial charge in [-0.2, -0.15) is 0 Å². The standard InChI is InChI=1S/C20H21ClN4O/c1-25-14-23-24-19(25)11-12-22-20(26)13-18(15-5-3-2-4-6-15)16-7-9-17(21)10-8-16/h2-10,14,18H,11-13H2,1H3,(H,22,26)/t18-/m0/s1. The van der Waals surface area contributed by atoms with Crippen molar-refractivity contribution in [2.24, 2.45) is 7.05 Å². The van der Waals surface area contributed by atoms with Crippen LogP contribution in [0.5, 0.6) is 0 Å². The Morgan fingerprint density at radius 3 is 2.46 bits per heavy atom. The molecule has 26 heavy (non-hydrogen) atoms. The monoisotopic (exact) mass is 368 g/mol. The van der Waals surface area contributed by atoms with Gasteiger partial charge in [0.25, 0.3) is 0 Å². The van der Waals surface area contributed by atoms with Crippen molar-refractivity contribution in [3.05, 3.63) is 82.9 Å². The third kappa shape index (κ3) is 4.70. The summed E-state index contributed by atoms with van der Waals surface area (Å²) >= 11 is 6.01. The van der Waals surface area contributed by atoms with Crippen molar-refractivity contribution < 1.29 is 4.79 Å². The van der Waals surface area contributed by atoms with E-state index < -0.39 is 0 Å². The molecule has 1 amide bonds. The molecule has 2 aromatic carbocycles. The molecule has 3 rings (SSSR count). The van der Waals surface area contributed by atoms with Crippen LogP contribution in [0.25, 0.3) is 0 Å². The zero-order valence-electron chi connectivity index (χ0n) is 14.6. The summed E-state index contributed by atoms with van der Waals surface area (Å²) in [5.74, 6) is 0.849. The number of hydrogen-bond donors (Lipinski definition) is 1. The topological polar surface area (TPSA) is 59.8 Å². The Bertz CT molecular complexity index is 846. The maximum atomic E-state index is 12.5. The summed E-state index contributed by atoms with van der Waals surface area (Å²) < 4.78 is 1.85. The van der Waals surface area contributed by atoms with Crippen molar-refractivity contribution in [3.63, 3.8) is 0 Å². The molecule has 1 aromatic heterocycles. The Morgan fingerprint density at radius 1 is 1.12 bits per heavy atom. The fraction of sp³-hybridized carbons (Fsp3) is 0.250. The second-order valence-corrected chi connectivity index (χ2v) is 6.61. The lowest BCUT2D eigenvalue weighted by Gasteiger charge is -2.18. The molecule has 0 radical (unpaired) electrons. The number of nitrogens with zero attached hydrogens (tertiary/aromatic N) is 3. The minimum absolute atomic E-state index is 0.0102. The van der Waals surface area contributed by atoms with Crippen LogP contribution in [0.2, 0.25) is 5.02 Å². The van der Waals surface area contributed by atoms with E-state index in [1.165, 1.54) is 0 Å². The number of halogens is 1. The van der Waals surface area contributed by atoms with Crippen LogP contribution in [0.15, 0.2) is 60.9 Å². The molecule has 0 unspecified atom stereocenters. The van der Waals surface area contributed by atoms with E-state index in [1.807, 2.05) is 66.2 Å². The van der Waals surface area contributed by atoms with Crippen molar-refractivity contribution >= 4 is 17.5 Å². The third-order valence-electron chi connectivity index (χ3n) is 4.34. The van der Waals surface area contributed by atoms with Gasteiger partial charge in [0.15, 0.2) is 0 Å². The van der Waals surface area contributed by atoms with Gasteiger partial charge in [-0.05, 0) is 23.3 Å². The van der Waals surface area contributed by atoms with E-state index in [9.17, 15) is 4.79 Å². The lowest BCUT2D eigenvalue weighted by Crippen LogP contribution is -2.28. The molecule has 0 spiro atoms. The van der Waals surface area contributed by atoms with Crippen LogP contribution in [-0.4, -0.2) is 27.2 Å². The zero-order chi connectivity index (χ0) is 18.4. The molecule has 0 aliphatic heterocycles. The SMILES string of the molecule is Cn1cnnc1CCNC(=O)C[C@@H](c1ccccc1)c1ccc(Cl)cc1. The maximum Gasteiger partial charge on any atom is 0.220 e. The van der Waals surface area contributed by atoms with E-state index in [4.69, 9.17) is 11.6 Å². The van der Waals surface area contributed by atoms with Gasteiger partial charge < -0.3 is 9.88 Å². The van der Waals surface area contributed by atoms with Gasteiger partial charge in [-0.25, -0.2) is 0 Å². The minimum Gasteiger partial charge on any atom is -0.356 e. The number of carbonyl (C=O) groups is 1. The van der Waals surface area contributed by atoms with Crippen LogP contribution in [0.3, 0.4) is 0 Å². The first kappa shape index (κ1) is 18.1. The Morgan fingerprint density at radius 2 is 1.81 bits per heavy atom. The quantitative estimate of drug-likeness (QED) is 0.695. The van der Waals surface area contributed by atoms with Crippen LogP contribution in [0, 0.1) is 0 Å². The molecular formula is C20H21ClN4O. The minimum atomic E-state index is -0.0108. The van der Waals surface area contributed by atoms with Crippen molar-refractivity contribution in [3.8, 4) is 0 Å². The van der Waals surface area contributed by atoms with Crippen LogP contribution in [0.4, 0.5) is 0 Å². The average Bonchev–Trinajstić information content (AvgIpc) is 3.06. The van der Waals surface area contributed by atoms with Gasteiger partial charge in [0.2, 0.25) is 5.91 Å². The van der Waals surface area contributed by atoms with Crippen molar-refractivity contribution in [1.82, 2.24) is 20.1 Å². The number of rotatable bonds is 7. The van der Waals surface area contributed by atoms with E-state index in [0.717, 1.165) is 17.0 Å². The molecule has 0 bridgehead atoms. The van der Waals surface area contributed by atoms with Crippen LogP contribution < -0.4 is 5.32 Å². The summed E-state index contributed by atoms with van der Waals surface area (Å²) in [5, 5.41) is 11.5. The predicted octanol–water partition coefficient (Wildman–Crippen LogP) is 3.35. The molecule has 1 atom stereocenters. The summed E-state index contributed by atoms with van der Waals surface area (Å²) in [7, 11) is 1.89. The van der Waals surface area contributed by atoms with Crippen molar-refractivity contribution in [2.45, 2.75) is 18.8 Å². The fourth-order valence-corrected chi connectivity index (χ4v) is 3.04. The summed E-state index contributed by atoms with van der Waals surface area (Å²) in [5.41, 5.74) is 2.18. The Kier molecular flexibility index (Phi) is 6.02. The first-order valence-corrected chi connectivity index (χ1v) is 8.91. The van der Waals surface area contributed by atoms with E-state index in [2.05, 4.69) is 15.5 Å². The number of carbonyl (C=O) groups excluding carboxylic acids is 1. The highest BCUT2D eigenvalue weighted by atomic mass is 35.5. The second-order valence-electron chi connectivity index (χ2n) is 6.18. The molecule has 1 heterocycles. The molecule has 0 fully saturated rings. The molecule has 0 aliphatic carbocycles. The van der Waals surface area contributed by atoms with Gasteiger partial charge in [-0.15, -0.1) is 10.2 Å². The maximum absolute atomic E-state index is 12.5. The average molecular weight is 369 g/mol.